The van der Waals surface area contributed by atoms with Gasteiger partial charge in [0, 0.05) is 34.9 Å². The first kappa shape index (κ1) is 20.7. The Morgan fingerprint density at radius 3 is 2.33 bits per heavy atom. The van der Waals surface area contributed by atoms with Gasteiger partial charge in [-0.2, -0.15) is 0 Å². The Labute approximate surface area is 182 Å². The third-order valence-electron chi connectivity index (χ3n) is 5.88. The Bertz CT molecular complexity index is 963. The minimum atomic E-state index is -0.150. The van der Waals surface area contributed by atoms with E-state index in [-0.39, 0.29) is 23.5 Å². The van der Waals surface area contributed by atoms with Crippen molar-refractivity contribution in [2.24, 2.45) is 0 Å². The van der Waals surface area contributed by atoms with E-state index < -0.39 is 0 Å². The maximum Gasteiger partial charge on any atom is 0.225 e. The van der Waals surface area contributed by atoms with E-state index in [1.807, 2.05) is 42.7 Å². The molecule has 2 unspecified atom stereocenters. The zero-order chi connectivity index (χ0) is 21.1. The summed E-state index contributed by atoms with van der Waals surface area (Å²) in [5.41, 5.74) is 3.75. The van der Waals surface area contributed by atoms with Crippen molar-refractivity contribution in [2.75, 3.05) is 12.9 Å². The number of ether oxygens (including phenoxy) is 1. The molecule has 0 bridgehead atoms. The smallest absolute Gasteiger partial charge is 0.225 e. The van der Waals surface area contributed by atoms with Gasteiger partial charge in [0.05, 0.1) is 6.61 Å². The summed E-state index contributed by atoms with van der Waals surface area (Å²) >= 11 is 1.68. The van der Waals surface area contributed by atoms with Crippen LogP contribution in [-0.4, -0.2) is 24.6 Å². The van der Waals surface area contributed by atoms with Gasteiger partial charge in [0.25, 0.3) is 0 Å². The van der Waals surface area contributed by atoms with Crippen LogP contribution < -0.4 is 10.1 Å². The molecule has 5 heteroatoms. The van der Waals surface area contributed by atoms with E-state index in [1.54, 1.807) is 11.8 Å². The van der Waals surface area contributed by atoms with Gasteiger partial charge in [0.2, 0.25) is 5.91 Å². The molecular formula is C25H27NO3S. The van der Waals surface area contributed by atoms with Gasteiger partial charge in [-0.25, -0.2) is 0 Å². The number of hydrogen-bond donors (Lipinski definition) is 1. The maximum atomic E-state index is 13.2. The molecule has 0 aromatic heterocycles. The van der Waals surface area contributed by atoms with Gasteiger partial charge in [-0.15, -0.1) is 11.8 Å². The number of benzene rings is 2. The van der Waals surface area contributed by atoms with Crippen LogP contribution in [-0.2, 0) is 9.59 Å². The minimum Gasteiger partial charge on any atom is -0.494 e. The highest BCUT2D eigenvalue weighted by molar-refractivity contribution is 7.98. The SMILES string of the molecule is CCCOc1ccc(C2CC(=O)C3=C(C2)NC(=O)CC3c2ccc(SC)cc2)cc1. The van der Waals surface area contributed by atoms with Crippen LogP contribution in [0.1, 0.15) is 55.6 Å². The van der Waals surface area contributed by atoms with E-state index in [0.29, 0.717) is 25.9 Å². The van der Waals surface area contributed by atoms with Gasteiger partial charge in [-0.1, -0.05) is 31.2 Å². The third kappa shape index (κ3) is 4.31. The van der Waals surface area contributed by atoms with Crippen molar-refractivity contribution < 1.29 is 14.3 Å². The molecule has 1 aliphatic heterocycles. The first-order valence-electron chi connectivity index (χ1n) is 10.5. The van der Waals surface area contributed by atoms with Crippen LogP contribution >= 0.6 is 11.8 Å². The van der Waals surface area contributed by atoms with E-state index in [2.05, 4.69) is 24.4 Å². The Morgan fingerprint density at radius 2 is 1.67 bits per heavy atom. The van der Waals surface area contributed by atoms with Crippen molar-refractivity contribution in [1.29, 1.82) is 0 Å². The second-order valence-electron chi connectivity index (χ2n) is 7.92. The lowest BCUT2D eigenvalue weighted by Crippen LogP contribution is -2.38. The fourth-order valence-corrected chi connectivity index (χ4v) is 4.78. The summed E-state index contributed by atoms with van der Waals surface area (Å²) in [7, 11) is 0. The third-order valence-corrected chi connectivity index (χ3v) is 6.62. The summed E-state index contributed by atoms with van der Waals surface area (Å²) in [5, 5.41) is 3.00. The molecule has 0 spiro atoms. The normalized spacial score (nSPS) is 21.3. The number of amides is 1. The average Bonchev–Trinajstić information content (AvgIpc) is 2.77. The maximum absolute atomic E-state index is 13.2. The van der Waals surface area contributed by atoms with Crippen LogP contribution in [0.3, 0.4) is 0 Å². The van der Waals surface area contributed by atoms with E-state index in [9.17, 15) is 9.59 Å². The number of allylic oxidation sites excluding steroid dienone is 2. The summed E-state index contributed by atoms with van der Waals surface area (Å²) < 4.78 is 5.66. The van der Waals surface area contributed by atoms with Crippen LogP contribution in [0, 0.1) is 0 Å². The number of thioether (sulfide) groups is 1. The summed E-state index contributed by atoms with van der Waals surface area (Å²) in [6.07, 6.45) is 4.50. The molecule has 2 atom stereocenters. The second kappa shape index (κ2) is 9.09. The largest absolute Gasteiger partial charge is 0.494 e. The van der Waals surface area contributed by atoms with Crippen LogP contribution in [0.25, 0.3) is 0 Å². The minimum absolute atomic E-state index is 0.00976. The molecule has 1 amide bonds. The number of hydrogen-bond acceptors (Lipinski definition) is 4. The molecule has 1 heterocycles. The lowest BCUT2D eigenvalue weighted by Gasteiger charge is -2.34. The molecule has 1 N–H and O–H groups in total. The second-order valence-corrected chi connectivity index (χ2v) is 8.80. The molecule has 0 fully saturated rings. The Kier molecular flexibility index (Phi) is 6.28. The van der Waals surface area contributed by atoms with Crippen LogP contribution in [0.2, 0.25) is 0 Å². The number of nitrogens with one attached hydrogen (secondary N) is 1. The zero-order valence-corrected chi connectivity index (χ0v) is 18.3. The Morgan fingerprint density at radius 1 is 0.967 bits per heavy atom. The van der Waals surface area contributed by atoms with Gasteiger partial charge >= 0.3 is 0 Å². The van der Waals surface area contributed by atoms with Gasteiger partial charge < -0.3 is 10.1 Å². The van der Waals surface area contributed by atoms with E-state index in [4.69, 9.17) is 4.74 Å². The Hall–Kier alpha value is -2.53. The van der Waals surface area contributed by atoms with Gasteiger partial charge in [-0.05, 0) is 60.4 Å². The van der Waals surface area contributed by atoms with E-state index >= 15 is 0 Å². The monoisotopic (exact) mass is 421 g/mol. The van der Waals surface area contributed by atoms with Crippen LogP contribution in [0.4, 0.5) is 0 Å². The van der Waals surface area contributed by atoms with Crippen molar-refractivity contribution in [3.63, 3.8) is 0 Å². The van der Waals surface area contributed by atoms with Gasteiger partial charge in [-0.3, -0.25) is 9.59 Å². The highest BCUT2D eigenvalue weighted by Crippen LogP contribution is 2.42. The molecular weight excluding hydrogens is 394 g/mol. The number of carbonyl (C=O) groups is 2. The highest BCUT2D eigenvalue weighted by Gasteiger charge is 2.38. The molecule has 2 aromatic carbocycles. The number of ketones is 1. The quantitative estimate of drug-likeness (QED) is 0.651. The lowest BCUT2D eigenvalue weighted by atomic mass is 9.73. The standard InChI is InChI=1S/C25H27NO3S/c1-3-12-29-19-8-4-16(5-9-19)18-13-22-25(23(27)14-18)21(15-24(28)26-22)17-6-10-20(30-2)11-7-17/h4-11,18,21H,3,12-15H2,1-2H3,(H,26,28). The molecule has 2 aliphatic rings. The highest BCUT2D eigenvalue weighted by atomic mass is 32.2. The number of Topliss-reactive ketones (excluding diaryl/α,β-unsaturated/α-hetero) is 1. The first-order chi connectivity index (χ1) is 14.6. The predicted octanol–water partition coefficient (Wildman–Crippen LogP) is 5.20. The predicted molar refractivity (Wildman–Crippen MR) is 120 cm³/mol. The van der Waals surface area contributed by atoms with Crippen molar-refractivity contribution >= 4 is 23.5 Å². The summed E-state index contributed by atoms with van der Waals surface area (Å²) in [6, 6.07) is 16.2. The van der Waals surface area contributed by atoms with Crippen molar-refractivity contribution in [1.82, 2.24) is 5.32 Å². The number of rotatable bonds is 6. The van der Waals surface area contributed by atoms with Crippen molar-refractivity contribution in [3.8, 4) is 5.75 Å². The summed E-state index contributed by atoms with van der Waals surface area (Å²) in [4.78, 5) is 26.8. The molecule has 2 aromatic rings. The first-order valence-corrected chi connectivity index (χ1v) is 11.7. The molecule has 0 saturated carbocycles. The van der Waals surface area contributed by atoms with Crippen molar-refractivity contribution in [3.05, 3.63) is 70.9 Å². The molecule has 156 valence electrons. The van der Waals surface area contributed by atoms with Crippen LogP contribution in [0.5, 0.6) is 5.75 Å². The summed E-state index contributed by atoms with van der Waals surface area (Å²) in [6.45, 7) is 2.78. The number of carbonyl (C=O) groups excluding carboxylic acids is 2. The molecule has 0 radical (unpaired) electrons. The average molecular weight is 422 g/mol. The van der Waals surface area contributed by atoms with Crippen molar-refractivity contribution in [2.45, 2.75) is 49.3 Å². The fourth-order valence-electron chi connectivity index (χ4n) is 4.37. The van der Waals surface area contributed by atoms with Crippen LogP contribution in [0.15, 0.2) is 64.7 Å². The molecule has 1 aliphatic carbocycles. The van der Waals surface area contributed by atoms with E-state index in [1.165, 1.54) is 4.90 Å². The fraction of sp³-hybridized carbons (Fsp3) is 0.360. The van der Waals surface area contributed by atoms with E-state index in [0.717, 1.165) is 34.6 Å². The molecule has 4 nitrogen and oxygen atoms in total. The Balaban J connectivity index is 1.59. The zero-order valence-electron chi connectivity index (χ0n) is 17.4. The summed E-state index contributed by atoms with van der Waals surface area (Å²) in [5.74, 6) is 0.913. The molecule has 30 heavy (non-hydrogen) atoms. The lowest BCUT2D eigenvalue weighted by molar-refractivity contribution is -0.122. The molecule has 0 saturated heterocycles. The topological polar surface area (TPSA) is 55.4 Å². The van der Waals surface area contributed by atoms with Gasteiger partial charge in [0.15, 0.2) is 5.78 Å². The molecule has 4 rings (SSSR count). The van der Waals surface area contributed by atoms with Gasteiger partial charge in [0.1, 0.15) is 5.75 Å².